The molecule has 186 valence electrons. The quantitative estimate of drug-likeness (QED) is 0.524. The SMILES string of the molecule is COc1ccc(C(=O)NCCc2nnc3n2CCN(Cc2ccc(OC(F)(F)F)cc2)CC3)cc1. The Morgan fingerprint density at radius 3 is 2.40 bits per heavy atom. The monoisotopic (exact) mass is 489 g/mol. The number of nitrogens with one attached hydrogen (secondary N) is 1. The van der Waals surface area contributed by atoms with Crippen molar-refractivity contribution in [1.29, 1.82) is 0 Å². The number of aromatic nitrogens is 3. The lowest BCUT2D eigenvalue weighted by Crippen LogP contribution is -2.28. The number of carbonyl (C=O) groups is 1. The highest BCUT2D eigenvalue weighted by molar-refractivity contribution is 5.94. The average Bonchev–Trinajstić information content (AvgIpc) is 3.11. The highest BCUT2D eigenvalue weighted by atomic mass is 19.4. The van der Waals surface area contributed by atoms with E-state index in [0.717, 1.165) is 30.3 Å². The minimum Gasteiger partial charge on any atom is -0.497 e. The van der Waals surface area contributed by atoms with E-state index in [4.69, 9.17) is 4.74 Å². The predicted octanol–water partition coefficient (Wildman–Crippen LogP) is 3.22. The van der Waals surface area contributed by atoms with Crippen molar-refractivity contribution in [3.63, 3.8) is 0 Å². The van der Waals surface area contributed by atoms with Crippen molar-refractivity contribution in [2.45, 2.75) is 32.3 Å². The second-order valence-corrected chi connectivity index (χ2v) is 8.14. The highest BCUT2D eigenvalue weighted by Gasteiger charge is 2.31. The van der Waals surface area contributed by atoms with Crippen LogP contribution >= 0.6 is 0 Å². The Bertz CT molecular complexity index is 1130. The standard InChI is InChI=1S/C24H26F3N5O3/c1-34-19-8-4-18(5-9-19)23(33)28-12-10-21-29-30-22-11-13-31(14-15-32(21)22)16-17-2-6-20(7-3-17)35-24(25,26)27/h2-9H,10-16H2,1H3,(H,28,33). The van der Waals surface area contributed by atoms with E-state index in [9.17, 15) is 18.0 Å². The van der Waals surface area contributed by atoms with E-state index in [0.29, 0.717) is 43.8 Å². The number of rotatable bonds is 8. The van der Waals surface area contributed by atoms with Gasteiger partial charge in [-0.15, -0.1) is 23.4 Å². The van der Waals surface area contributed by atoms with Crippen LogP contribution in [0, 0.1) is 0 Å². The minimum absolute atomic E-state index is 0.166. The van der Waals surface area contributed by atoms with Crippen LogP contribution in [0.2, 0.25) is 0 Å². The van der Waals surface area contributed by atoms with Crippen molar-refractivity contribution < 1.29 is 27.4 Å². The van der Waals surface area contributed by atoms with E-state index >= 15 is 0 Å². The van der Waals surface area contributed by atoms with Crippen LogP contribution in [-0.2, 0) is 25.9 Å². The minimum atomic E-state index is -4.70. The molecule has 8 nitrogen and oxygen atoms in total. The van der Waals surface area contributed by atoms with E-state index in [2.05, 4.69) is 29.7 Å². The summed E-state index contributed by atoms with van der Waals surface area (Å²) >= 11 is 0. The van der Waals surface area contributed by atoms with Crippen LogP contribution in [0.5, 0.6) is 11.5 Å². The zero-order chi connectivity index (χ0) is 24.8. The Balaban J connectivity index is 1.27. The van der Waals surface area contributed by atoms with Crippen molar-refractivity contribution >= 4 is 5.91 Å². The first-order chi connectivity index (χ1) is 16.8. The topological polar surface area (TPSA) is 81.5 Å². The number of carbonyl (C=O) groups excluding carboxylic acids is 1. The van der Waals surface area contributed by atoms with E-state index in [-0.39, 0.29) is 11.7 Å². The van der Waals surface area contributed by atoms with E-state index in [1.54, 1.807) is 43.5 Å². The number of fused-ring (bicyclic) bond motifs is 1. The molecule has 0 aliphatic carbocycles. The molecule has 11 heteroatoms. The normalized spacial score (nSPS) is 14.2. The molecule has 2 heterocycles. The first kappa shape index (κ1) is 24.5. The van der Waals surface area contributed by atoms with Gasteiger partial charge in [-0.05, 0) is 42.0 Å². The molecule has 0 saturated carbocycles. The van der Waals surface area contributed by atoms with Crippen molar-refractivity contribution in [3.8, 4) is 11.5 Å². The number of methoxy groups -OCH3 is 1. The van der Waals surface area contributed by atoms with Crippen molar-refractivity contribution in [3.05, 3.63) is 71.3 Å². The molecule has 35 heavy (non-hydrogen) atoms. The summed E-state index contributed by atoms with van der Waals surface area (Å²) in [4.78, 5) is 14.6. The van der Waals surface area contributed by atoms with Crippen molar-refractivity contribution in [2.24, 2.45) is 0 Å². The number of halogens is 3. The molecule has 1 aromatic heterocycles. The maximum Gasteiger partial charge on any atom is 0.573 e. The lowest BCUT2D eigenvalue weighted by atomic mass is 10.2. The molecule has 2 aromatic carbocycles. The third-order valence-electron chi connectivity index (χ3n) is 5.74. The summed E-state index contributed by atoms with van der Waals surface area (Å²) in [5.41, 5.74) is 1.46. The van der Waals surface area contributed by atoms with Gasteiger partial charge in [0, 0.05) is 51.1 Å². The number of hydrogen-bond donors (Lipinski definition) is 1. The second kappa shape index (κ2) is 10.8. The number of ether oxygens (including phenoxy) is 2. The number of hydrogen-bond acceptors (Lipinski definition) is 6. The van der Waals surface area contributed by atoms with E-state index in [1.807, 2.05) is 0 Å². The van der Waals surface area contributed by atoms with Crippen LogP contribution in [0.3, 0.4) is 0 Å². The fraction of sp³-hybridized carbons (Fsp3) is 0.375. The molecule has 0 saturated heterocycles. The highest BCUT2D eigenvalue weighted by Crippen LogP contribution is 2.23. The van der Waals surface area contributed by atoms with Gasteiger partial charge in [0.15, 0.2) is 0 Å². The summed E-state index contributed by atoms with van der Waals surface area (Å²) in [5.74, 6) is 1.99. The largest absolute Gasteiger partial charge is 0.573 e. The van der Waals surface area contributed by atoms with Crippen LogP contribution < -0.4 is 14.8 Å². The van der Waals surface area contributed by atoms with Crippen molar-refractivity contribution in [1.82, 2.24) is 25.0 Å². The van der Waals surface area contributed by atoms with E-state index < -0.39 is 6.36 Å². The van der Waals surface area contributed by atoms with Crippen molar-refractivity contribution in [2.75, 3.05) is 26.7 Å². The number of nitrogens with zero attached hydrogens (tertiary/aromatic N) is 4. The fourth-order valence-corrected chi connectivity index (χ4v) is 3.96. The van der Waals surface area contributed by atoms with Crippen LogP contribution in [0.25, 0.3) is 0 Å². The molecule has 1 N–H and O–H groups in total. The molecule has 3 aromatic rings. The molecule has 4 rings (SSSR count). The molecule has 0 atom stereocenters. The van der Waals surface area contributed by atoms with Gasteiger partial charge in [0.2, 0.25) is 0 Å². The Kier molecular flexibility index (Phi) is 7.54. The summed E-state index contributed by atoms with van der Waals surface area (Å²) in [6.07, 6.45) is -3.44. The van der Waals surface area contributed by atoms with Gasteiger partial charge in [0.05, 0.1) is 7.11 Å². The van der Waals surface area contributed by atoms with Crippen LogP contribution in [0.1, 0.15) is 27.6 Å². The summed E-state index contributed by atoms with van der Waals surface area (Å²) in [6, 6.07) is 12.8. The summed E-state index contributed by atoms with van der Waals surface area (Å²) in [6.45, 7) is 3.24. The van der Waals surface area contributed by atoms with Crippen LogP contribution in [-0.4, -0.2) is 58.7 Å². The Morgan fingerprint density at radius 2 is 1.71 bits per heavy atom. The van der Waals surface area contributed by atoms with Gasteiger partial charge in [-0.3, -0.25) is 9.69 Å². The molecule has 0 spiro atoms. The molecule has 1 aliphatic heterocycles. The first-order valence-electron chi connectivity index (χ1n) is 11.2. The zero-order valence-electron chi connectivity index (χ0n) is 19.2. The van der Waals surface area contributed by atoms with Gasteiger partial charge >= 0.3 is 6.36 Å². The molecule has 0 radical (unpaired) electrons. The van der Waals surface area contributed by atoms with Gasteiger partial charge in [0.1, 0.15) is 23.1 Å². The smallest absolute Gasteiger partial charge is 0.497 e. The maximum absolute atomic E-state index is 12.4. The lowest BCUT2D eigenvalue weighted by Gasteiger charge is -2.20. The molecular formula is C24H26F3N5O3. The van der Waals surface area contributed by atoms with Gasteiger partial charge < -0.3 is 19.4 Å². The molecular weight excluding hydrogens is 463 g/mol. The molecule has 1 amide bonds. The predicted molar refractivity (Wildman–Crippen MR) is 121 cm³/mol. The van der Waals surface area contributed by atoms with Gasteiger partial charge in [0.25, 0.3) is 5.91 Å². The second-order valence-electron chi connectivity index (χ2n) is 8.14. The van der Waals surface area contributed by atoms with E-state index in [1.165, 1.54) is 12.1 Å². The molecule has 0 bridgehead atoms. The molecule has 0 unspecified atom stereocenters. The number of benzene rings is 2. The van der Waals surface area contributed by atoms with Gasteiger partial charge in [-0.2, -0.15) is 0 Å². The van der Waals surface area contributed by atoms with Gasteiger partial charge in [-0.25, -0.2) is 0 Å². The molecule has 1 aliphatic rings. The average molecular weight is 489 g/mol. The first-order valence-corrected chi connectivity index (χ1v) is 11.2. The van der Waals surface area contributed by atoms with Crippen LogP contribution in [0.4, 0.5) is 13.2 Å². The Labute approximate surface area is 200 Å². The lowest BCUT2D eigenvalue weighted by molar-refractivity contribution is -0.274. The third-order valence-corrected chi connectivity index (χ3v) is 5.74. The number of amides is 1. The van der Waals surface area contributed by atoms with Gasteiger partial charge in [-0.1, -0.05) is 12.1 Å². The summed E-state index contributed by atoms with van der Waals surface area (Å²) in [7, 11) is 1.57. The summed E-state index contributed by atoms with van der Waals surface area (Å²) < 4.78 is 48.2. The van der Waals surface area contributed by atoms with Crippen LogP contribution in [0.15, 0.2) is 48.5 Å². The third kappa shape index (κ3) is 6.72. The number of alkyl halides is 3. The maximum atomic E-state index is 12.4. The Hall–Kier alpha value is -3.60. The molecule has 0 fully saturated rings. The zero-order valence-corrected chi connectivity index (χ0v) is 19.2. The summed E-state index contributed by atoms with van der Waals surface area (Å²) in [5, 5.41) is 11.5. The fourth-order valence-electron chi connectivity index (χ4n) is 3.96. The Morgan fingerprint density at radius 1 is 1.00 bits per heavy atom.